The first-order chi connectivity index (χ1) is 10.3. The maximum Gasteiger partial charge on any atom is 0.253 e. The van der Waals surface area contributed by atoms with E-state index in [0.29, 0.717) is 5.56 Å². The minimum Gasteiger partial charge on any atom is -0.345 e. The lowest BCUT2D eigenvalue weighted by Crippen LogP contribution is -2.37. The van der Waals surface area contributed by atoms with Gasteiger partial charge in [-0.2, -0.15) is 0 Å². The molecule has 22 heavy (non-hydrogen) atoms. The van der Waals surface area contributed by atoms with Gasteiger partial charge in [0.2, 0.25) is 0 Å². The Balaban J connectivity index is 2.30. The molecule has 1 heterocycles. The normalized spacial score (nSPS) is 12.8. The molecule has 1 atom stereocenters. The molecule has 1 amide bonds. The first-order valence-electron chi connectivity index (χ1n) is 7.59. The van der Waals surface area contributed by atoms with Crippen LogP contribution in [0.2, 0.25) is 0 Å². The van der Waals surface area contributed by atoms with Gasteiger partial charge in [-0.05, 0) is 37.0 Å². The zero-order chi connectivity index (χ0) is 16.3. The van der Waals surface area contributed by atoms with E-state index in [1.54, 1.807) is 0 Å². The summed E-state index contributed by atoms with van der Waals surface area (Å²) >= 11 is 0. The quantitative estimate of drug-likeness (QED) is 0.921. The zero-order valence-corrected chi connectivity index (χ0v) is 14.0. The second kappa shape index (κ2) is 6.30. The summed E-state index contributed by atoms with van der Waals surface area (Å²) in [5.74, 6) is -0.0752. The molecule has 2 aromatic rings. The molecule has 0 fully saturated rings. The maximum atomic E-state index is 12.7. The van der Waals surface area contributed by atoms with Gasteiger partial charge in [-0.15, -0.1) is 0 Å². The topological polar surface area (TPSA) is 42.0 Å². The Labute approximate surface area is 132 Å². The van der Waals surface area contributed by atoms with Crippen LogP contribution in [0, 0.1) is 19.3 Å². The van der Waals surface area contributed by atoms with E-state index < -0.39 is 0 Å². The molecule has 0 aliphatic rings. The van der Waals surface area contributed by atoms with Crippen LogP contribution in [0.1, 0.15) is 54.1 Å². The number of nitrogens with zero attached hydrogens (tertiary/aromatic N) is 1. The summed E-state index contributed by atoms with van der Waals surface area (Å²) < 4.78 is 0. The van der Waals surface area contributed by atoms with E-state index >= 15 is 0 Å². The van der Waals surface area contributed by atoms with E-state index in [9.17, 15) is 4.79 Å². The van der Waals surface area contributed by atoms with Gasteiger partial charge in [0.25, 0.3) is 5.91 Å². The Morgan fingerprint density at radius 3 is 2.23 bits per heavy atom. The number of carbonyl (C=O) groups excluding carboxylic acids is 1. The summed E-state index contributed by atoms with van der Waals surface area (Å²) in [5, 5.41) is 3.17. The van der Waals surface area contributed by atoms with Gasteiger partial charge in [-0.3, -0.25) is 9.78 Å². The first kappa shape index (κ1) is 16.2. The Morgan fingerprint density at radius 1 is 1.05 bits per heavy atom. The molecule has 0 saturated heterocycles. The van der Waals surface area contributed by atoms with E-state index in [2.05, 4.69) is 43.2 Å². The van der Waals surface area contributed by atoms with Crippen molar-refractivity contribution >= 4 is 5.91 Å². The zero-order valence-electron chi connectivity index (χ0n) is 14.0. The van der Waals surface area contributed by atoms with E-state index in [1.165, 1.54) is 0 Å². The molecule has 0 radical (unpaired) electrons. The molecule has 0 bridgehead atoms. The monoisotopic (exact) mass is 296 g/mol. The lowest BCUT2D eigenvalue weighted by atomic mass is 9.82. The van der Waals surface area contributed by atoms with Crippen LogP contribution in [0.15, 0.2) is 42.5 Å². The molecule has 0 aliphatic heterocycles. The Hall–Kier alpha value is -2.16. The Morgan fingerprint density at radius 2 is 1.68 bits per heavy atom. The first-order valence-corrected chi connectivity index (χ1v) is 7.59. The summed E-state index contributed by atoms with van der Waals surface area (Å²) in [6.45, 7) is 10.2. The summed E-state index contributed by atoms with van der Waals surface area (Å²) in [4.78, 5) is 17.0. The van der Waals surface area contributed by atoms with Crippen LogP contribution >= 0.6 is 0 Å². The third kappa shape index (κ3) is 3.73. The highest BCUT2D eigenvalue weighted by molar-refractivity contribution is 5.95. The molecule has 116 valence electrons. The van der Waals surface area contributed by atoms with Crippen molar-refractivity contribution in [3.63, 3.8) is 0 Å². The van der Waals surface area contributed by atoms with Crippen molar-refractivity contribution in [2.24, 2.45) is 5.41 Å². The lowest BCUT2D eigenvalue weighted by Gasteiger charge is -2.32. The lowest BCUT2D eigenvalue weighted by molar-refractivity contribution is 0.0900. The van der Waals surface area contributed by atoms with Gasteiger partial charge in [0.05, 0.1) is 17.3 Å². The third-order valence-corrected chi connectivity index (χ3v) is 3.74. The van der Waals surface area contributed by atoms with Crippen LogP contribution in [0.5, 0.6) is 0 Å². The van der Waals surface area contributed by atoms with Gasteiger partial charge in [0, 0.05) is 5.69 Å². The Kier molecular flexibility index (Phi) is 4.65. The SMILES string of the molecule is Cc1ccc(C(=O)NC(c2ccccc2)C(C)(C)C)c(C)n1. The predicted octanol–water partition coefficient (Wildman–Crippen LogP) is 4.22. The molecule has 0 saturated carbocycles. The molecular weight excluding hydrogens is 272 g/mol. The number of pyridine rings is 1. The van der Waals surface area contributed by atoms with Gasteiger partial charge in [-0.25, -0.2) is 0 Å². The molecule has 1 aromatic carbocycles. The van der Waals surface area contributed by atoms with Crippen LogP contribution in [0.25, 0.3) is 0 Å². The molecule has 0 spiro atoms. The number of carbonyl (C=O) groups is 1. The average molecular weight is 296 g/mol. The van der Waals surface area contributed by atoms with E-state index in [0.717, 1.165) is 17.0 Å². The van der Waals surface area contributed by atoms with Crippen LogP contribution < -0.4 is 5.32 Å². The van der Waals surface area contributed by atoms with Gasteiger partial charge in [0.1, 0.15) is 0 Å². The highest BCUT2D eigenvalue weighted by Gasteiger charge is 2.28. The van der Waals surface area contributed by atoms with Crippen LogP contribution in [-0.2, 0) is 0 Å². The van der Waals surface area contributed by atoms with Gasteiger partial charge < -0.3 is 5.32 Å². The van der Waals surface area contributed by atoms with Crippen LogP contribution in [0.3, 0.4) is 0 Å². The fourth-order valence-electron chi connectivity index (χ4n) is 2.58. The standard InChI is InChI=1S/C19H24N2O/c1-13-11-12-16(14(2)20-13)18(22)21-17(19(3,4)5)15-9-7-6-8-10-15/h6-12,17H,1-5H3,(H,21,22). The average Bonchev–Trinajstić information content (AvgIpc) is 2.44. The number of rotatable bonds is 3. The number of aryl methyl sites for hydroxylation is 2. The number of hydrogen-bond acceptors (Lipinski definition) is 2. The summed E-state index contributed by atoms with van der Waals surface area (Å²) in [5.41, 5.74) is 3.35. The molecule has 3 heteroatoms. The minimum atomic E-state index is -0.0803. The van der Waals surface area contributed by atoms with Crippen molar-refractivity contribution in [1.29, 1.82) is 0 Å². The minimum absolute atomic E-state index is 0.0538. The molecule has 2 rings (SSSR count). The fraction of sp³-hybridized carbons (Fsp3) is 0.368. The van der Waals surface area contributed by atoms with Crippen LogP contribution in [-0.4, -0.2) is 10.9 Å². The second-order valence-electron chi connectivity index (χ2n) is 6.77. The highest BCUT2D eigenvalue weighted by Crippen LogP contribution is 2.32. The summed E-state index contributed by atoms with van der Waals surface area (Å²) in [7, 11) is 0. The number of aromatic nitrogens is 1. The van der Waals surface area contributed by atoms with Crippen molar-refractivity contribution in [1.82, 2.24) is 10.3 Å². The van der Waals surface area contributed by atoms with E-state index in [4.69, 9.17) is 0 Å². The van der Waals surface area contributed by atoms with Gasteiger partial charge in [0.15, 0.2) is 0 Å². The van der Waals surface area contributed by atoms with Crippen molar-refractivity contribution < 1.29 is 4.79 Å². The van der Waals surface area contributed by atoms with Crippen molar-refractivity contribution in [2.45, 2.75) is 40.7 Å². The molecule has 1 N–H and O–H groups in total. The Bertz CT molecular complexity index is 657. The van der Waals surface area contributed by atoms with Crippen molar-refractivity contribution in [2.75, 3.05) is 0 Å². The third-order valence-electron chi connectivity index (χ3n) is 3.74. The second-order valence-corrected chi connectivity index (χ2v) is 6.77. The predicted molar refractivity (Wildman–Crippen MR) is 89.8 cm³/mol. The number of nitrogens with one attached hydrogen (secondary N) is 1. The van der Waals surface area contributed by atoms with Crippen molar-refractivity contribution in [3.8, 4) is 0 Å². The van der Waals surface area contributed by atoms with Crippen LogP contribution in [0.4, 0.5) is 0 Å². The van der Waals surface area contributed by atoms with Gasteiger partial charge in [-0.1, -0.05) is 51.1 Å². The number of benzene rings is 1. The van der Waals surface area contributed by atoms with E-state index in [-0.39, 0.29) is 17.4 Å². The highest BCUT2D eigenvalue weighted by atomic mass is 16.1. The number of hydrogen-bond donors (Lipinski definition) is 1. The largest absolute Gasteiger partial charge is 0.345 e. The summed E-state index contributed by atoms with van der Waals surface area (Å²) in [6, 6.07) is 13.7. The van der Waals surface area contributed by atoms with E-state index in [1.807, 2.05) is 44.2 Å². The smallest absolute Gasteiger partial charge is 0.253 e. The fourth-order valence-corrected chi connectivity index (χ4v) is 2.58. The maximum absolute atomic E-state index is 12.7. The molecular formula is C19H24N2O. The number of amides is 1. The summed E-state index contributed by atoms with van der Waals surface area (Å²) in [6.07, 6.45) is 0. The van der Waals surface area contributed by atoms with Gasteiger partial charge >= 0.3 is 0 Å². The van der Waals surface area contributed by atoms with Crippen molar-refractivity contribution in [3.05, 3.63) is 65.0 Å². The molecule has 1 unspecified atom stereocenters. The molecule has 0 aliphatic carbocycles. The molecule has 1 aromatic heterocycles. The molecule has 3 nitrogen and oxygen atoms in total.